The summed E-state index contributed by atoms with van der Waals surface area (Å²) >= 11 is 6.16. The van der Waals surface area contributed by atoms with Crippen LogP contribution in [0.4, 0.5) is 5.69 Å². The van der Waals surface area contributed by atoms with E-state index in [0.29, 0.717) is 29.4 Å². The van der Waals surface area contributed by atoms with Crippen molar-refractivity contribution < 1.29 is 9.59 Å². The summed E-state index contributed by atoms with van der Waals surface area (Å²) in [6.07, 6.45) is 2.72. The molecule has 2 heterocycles. The molecule has 112 valence electrons. The van der Waals surface area contributed by atoms with Gasteiger partial charge in [-0.05, 0) is 31.4 Å². The molecule has 2 aliphatic rings. The molecule has 0 spiro atoms. The van der Waals surface area contributed by atoms with Gasteiger partial charge in [-0.25, -0.2) is 0 Å². The van der Waals surface area contributed by atoms with Gasteiger partial charge < -0.3 is 15.5 Å². The number of carbonyl (C=O) groups excluding carboxylic acids is 2. The minimum atomic E-state index is -0.302. The number of nitrogens with two attached hydrogens (primary N) is 1. The second-order valence-electron chi connectivity index (χ2n) is 5.60. The second kappa shape index (κ2) is 5.56. The number of amides is 2. The number of anilines is 1. The number of piperazine rings is 1. The molecule has 3 rings (SSSR count). The Bertz CT molecular complexity index is 570. The average Bonchev–Trinajstić information content (AvgIpc) is 2.48. The first kappa shape index (κ1) is 14.2. The molecule has 1 aromatic carbocycles. The molecule has 1 unspecified atom stereocenters. The molecule has 6 heteroatoms. The molecule has 0 bridgehead atoms. The lowest BCUT2D eigenvalue weighted by Crippen LogP contribution is -2.60. The molecule has 2 N–H and O–H groups in total. The monoisotopic (exact) mass is 307 g/mol. The summed E-state index contributed by atoms with van der Waals surface area (Å²) < 4.78 is 0. The Kier molecular flexibility index (Phi) is 3.76. The van der Waals surface area contributed by atoms with E-state index in [1.165, 1.54) is 0 Å². The summed E-state index contributed by atoms with van der Waals surface area (Å²) in [7, 11) is 0. The Morgan fingerprint density at radius 1 is 1.29 bits per heavy atom. The van der Waals surface area contributed by atoms with Crippen LogP contribution in [-0.4, -0.2) is 40.7 Å². The largest absolute Gasteiger partial charge is 0.398 e. The molecule has 2 amide bonds. The third-order valence-electron chi connectivity index (χ3n) is 4.25. The Balaban J connectivity index is 1.83. The van der Waals surface area contributed by atoms with E-state index in [1.54, 1.807) is 28.0 Å². The fourth-order valence-corrected chi connectivity index (χ4v) is 3.34. The summed E-state index contributed by atoms with van der Waals surface area (Å²) in [5.74, 6) is 0.0264. The Morgan fingerprint density at radius 3 is 2.86 bits per heavy atom. The van der Waals surface area contributed by atoms with E-state index >= 15 is 0 Å². The number of fused-ring (bicyclic) bond motifs is 1. The van der Waals surface area contributed by atoms with Crippen molar-refractivity contribution in [3.63, 3.8) is 0 Å². The van der Waals surface area contributed by atoms with Crippen LogP contribution in [-0.2, 0) is 16.1 Å². The predicted molar refractivity (Wildman–Crippen MR) is 80.6 cm³/mol. The molecule has 1 atom stereocenters. The van der Waals surface area contributed by atoms with E-state index < -0.39 is 0 Å². The van der Waals surface area contributed by atoms with Crippen LogP contribution in [0, 0.1) is 0 Å². The van der Waals surface area contributed by atoms with Crippen molar-refractivity contribution >= 4 is 29.1 Å². The highest BCUT2D eigenvalue weighted by atomic mass is 35.5. The van der Waals surface area contributed by atoms with Crippen molar-refractivity contribution in [1.29, 1.82) is 0 Å². The van der Waals surface area contributed by atoms with Crippen LogP contribution in [0.1, 0.15) is 24.8 Å². The number of halogens is 1. The highest BCUT2D eigenvalue weighted by Crippen LogP contribution is 2.28. The maximum atomic E-state index is 12.6. The Hall–Kier alpha value is -1.75. The van der Waals surface area contributed by atoms with Gasteiger partial charge in [0.25, 0.3) is 0 Å². The van der Waals surface area contributed by atoms with Crippen LogP contribution >= 0.6 is 11.6 Å². The summed E-state index contributed by atoms with van der Waals surface area (Å²) in [6.45, 7) is 1.09. The Labute approximate surface area is 128 Å². The van der Waals surface area contributed by atoms with Gasteiger partial charge in [-0.2, -0.15) is 0 Å². The van der Waals surface area contributed by atoms with Gasteiger partial charge in [-0.1, -0.05) is 17.7 Å². The zero-order valence-corrected chi connectivity index (χ0v) is 12.5. The summed E-state index contributed by atoms with van der Waals surface area (Å²) in [6, 6.07) is 4.97. The van der Waals surface area contributed by atoms with Gasteiger partial charge in [0.2, 0.25) is 11.8 Å². The molecular formula is C15H18ClN3O2. The Morgan fingerprint density at radius 2 is 2.10 bits per heavy atom. The predicted octanol–water partition coefficient (Wildman–Crippen LogP) is 1.65. The molecule has 2 aliphatic heterocycles. The maximum Gasteiger partial charge on any atom is 0.246 e. The minimum Gasteiger partial charge on any atom is -0.398 e. The lowest BCUT2D eigenvalue weighted by Gasteiger charge is -2.42. The minimum absolute atomic E-state index is 0.00798. The van der Waals surface area contributed by atoms with E-state index in [2.05, 4.69) is 0 Å². The highest BCUT2D eigenvalue weighted by Gasteiger charge is 2.40. The van der Waals surface area contributed by atoms with Crippen molar-refractivity contribution in [2.45, 2.75) is 31.8 Å². The zero-order valence-electron chi connectivity index (χ0n) is 11.7. The molecule has 0 saturated carbocycles. The van der Waals surface area contributed by atoms with E-state index in [-0.39, 0.29) is 24.4 Å². The van der Waals surface area contributed by atoms with E-state index in [1.807, 2.05) is 0 Å². The van der Waals surface area contributed by atoms with Crippen molar-refractivity contribution in [1.82, 2.24) is 9.80 Å². The fourth-order valence-electron chi connectivity index (χ4n) is 3.10. The molecule has 0 aliphatic carbocycles. The third-order valence-corrected chi connectivity index (χ3v) is 4.60. The summed E-state index contributed by atoms with van der Waals surface area (Å²) in [5, 5.41) is 0.529. The summed E-state index contributed by atoms with van der Waals surface area (Å²) in [5.41, 5.74) is 7.20. The quantitative estimate of drug-likeness (QED) is 0.845. The zero-order chi connectivity index (χ0) is 15.0. The van der Waals surface area contributed by atoms with Crippen LogP contribution < -0.4 is 5.73 Å². The van der Waals surface area contributed by atoms with Crippen LogP contribution in [0.3, 0.4) is 0 Å². The van der Waals surface area contributed by atoms with Crippen molar-refractivity contribution in [2.24, 2.45) is 0 Å². The second-order valence-corrected chi connectivity index (χ2v) is 6.01. The topological polar surface area (TPSA) is 66.6 Å². The van der Waals surface area contributed by atoms with E-state index in [4.69, 9.17) is 17.3 Å². The SMILES string of the molecule is Nc1cccc(Cl)c1CN1CC(=O)N2CCCCC2C1=O. The number of hydrogen-bond donors (Lipinski definition) is 1. The number of carbonyl (C=O) groups is 2. The van der Waals surface area contributed by atoms with Gasteiger partial charge in [0.1, 0.15) is 12.6 Å². The van der Waals surface area contributed by atoms with Gasteiger partial charge in [-0.15, -0.1) is 0 Å². The van der Waals surface area contributed by atoms with Gasteiger partial charge in [0, 0.05) is 29.4 Å². The molecule has 2 fully saturated rings. The van der Waals surface area contributed by atoms with Gasteiger partial charge in [0.05, 0.1) is 0 Å². The van der Waals surface area contributed by atoms with Crippen LogP contribution in [0.25, 0.3) is 0 Å². The number of rotatable bonds is 2. The van der Waals surface area contributed by atoms with Crippen LogP contribution in [0.15, 0.2) is 18.2 Å². The molecule has 21 heavy (non-hydrogen) atoms. The van der Waals surface area contributed by atoms with Crippen LogP contribution in [0.2, 0.25) is 5.02 Å². The summed E-state index contributed by atoms with van der Waals surface area (Å²) in [4.78, 5) is 28.1. The molecule has 2 saturated heterocycles. The third kappa shape index (κ3) is 2.58. The average molecular weight is 308 g/mol. The highest BCUT2D eigenvalue weighted by molar-refractivity contribution is 6.31. The molecule has 0 radical (unpaired) electrons. The van der Waals surface area contributed by atoms with E-state index in [9.17, 15) is 9.59 Å². The lowest BCUT2D eigenvalue weighted by molar-refractivity contribution is -0.158. The van der Waals surface area contributed by atoms with Crippen LogP contribution in [0.5, 0.6) is 0 Å². The van der Waals surface area contributed by atoms with Gasteiger partial charge >= 0.3 is 0 Å². The molecule has 5 nitrogen and oxygen atoms in total. The molecule has 1 aromatic rings. The number of nitrogen functional groups attached to an aromatic ring is 1. The smallest absolute Gasteiger partial charge is 0.246 e. The number of hydrogen-bond acceptors (Lipinski definition) is 3. The standard InChI is InChI=1S/C15H18ClN3O2/c16-11-4-3-5-12(17)10(11)8-18-9-14(20)19-7-2-1-6-13(19)15(18)21/h3-5,13H,1-2,6-9,17H2. The van der Waals surface area contributed by atoms with E-state index in [0.717, 1.165) is 19.3 Å². The van der Waals surface area contributed by atoms with Gasteiger partial charge in [0.15, 0.2) is 0 Å². The molecule has 0 aromatic heterocycles. The van der Waals surface area contributed by atoms with Gasteiger partial charge in [-0.3, -0.25) is 9.59 Å². The first-order chi connectivity index (χ1) is 10.1. The maximum absolute atomic E-state index is 12.6. The van der Waals surface area contributed by atoms with Crippen molar-refractivity contribution in [2.75, 3.05) is 18.8 Å². The number of nitrogens with zero attached hydrogens (tertiary/aromatic N) is 2. The number of benzene rings is 1. The normalized spacial score (nSPS) is 22.4. The molecular weight excluding hydrogens is 290 g/mol. The first-order valence-corrected chi connectivity index (χ1v) is 7.57. The fraction of sp³-hybridized carbons (Fsp3) is 0.467. The number of piperidine rings is 1. The van der Waals surface area contributed by atoms with Crippen molar-refractivity contribution in [3.8, 4) is 0 Å². The van der Waals surface area contributed by atoms with Crippen molar-refractivity contribution in [3.05, 3.63) is 28.8 Å². The first-order valence-electron chi connectivity index (χ1n) is 7.19. The lowest BCUT2D eigenvalue weighted by atomic mass is 9.98.